The van der Waals surface area contributed by atoms with Gasteiger partial charge in [0.1, 0.15) is 5.15 Å². The van der Waals surface area contributed by atoms with Crippen LogP contribution in [0.25, 0.3) is 0 Å². The highest BCUT2D eigenvalue weighted by Crippen LogP contribution is 2.23. The smallest absolute Gasteiger partial charge is 0.338 e. The molecule has 1 amide bonds. The van der Waals surface area contributed by atoms with Gasteiger partial charge in [0.05, 0.1) is 21.8 Å². The third-order valence-corrected chi connectivity index (χ3v) is 3.32. The number of carbonyl (C=O) groups is 3. The fraction of sp³-hybridized carbons (Fsp3) is 0.0667. The van der Waals surface area contributed by atoms with Crippen LogP contribution in [0.4, 0.5) is 5.69 Å². The van der Waals surface area contributed by atoms with Crippen LogP contribution < -0.4 is 5.32 Å². The van der Waals surface area contributed by atoms with Crippen molar-refractivity contribution in [1.82, 2.24) is 4.98 Å². The number of carbonyl (C=O) groups excluding carboxylic acids is 2. The largest absolute Gasteiger partial charge is 0.478 e. The van der Waals surface area contributed by atoms with Crippen LogP contribution in [-0.4, -0.2) is 34.5 Å². The maximum absolute atomic E-state index is 11.8. The summed E-state index contributed by atoms with van der Waals surface area (Å²) in [6.45, 7) is -0.577. The van der Waals surface area contributed by atoms with Crippen LogP contribution >= 0.6 is 23.2 Å². The lowest BCUT2D eigenvalue weighted by atomic mass is 10.2. The molecule has 0 atom stereocenters. The maximum Gasteiger partial charge on any atom is 0.338 e. The number of carboxylic acid groups (broad SMARTS) is 1. The molecule has 2 rings (SSSR count). The van der Waals surface area contributed by atoms with E-state index in [4.69, 9.17) is 33.0 Å². The summed E-state index contributed by atoms with van der Waals surface area (Å²) in [5.41, 5.74) is 0.205. The van der Waals surface area contributed by atoms with Gasteiger partial charge in [-0.05, 0) is 30.3 Å². The topological polar surface area (TPSA) is 106 Å². The molecule has 0 aliphatic carbocycles. The van der Waals surface area contributed by atoms with Crippen molar-refractivity contribution < 1.29 is 24.2 Å². The first-order valence-electron chi connectivity index (χ1n) is 6.48. The van der Waals surface area contributed by atoms with Gasteiger partial charge in [0, 0.05) is 6.20 Å². The number of esters is 1. The van der Waals surface area contributed by atoms with Gasteiger partial charge in [-0.3, -0.25) is 4.79 Å². The van der Waals surface area contributed by atoms with Crippen molar-refractivity contribution in [3.8, 4) is 0 Å². The molecule has 0 saturated carbocycles. The first-order valence-corrected chi connectivity index (χ1v) is 7.24. The van der Waals surface area contributed by atoms with Gasteiger partial charge in [0.2, 0.25) is 0 Å². The number of aromatic nitrogens is 1. The van der Waals surface area contributed by atoms with Crippen LogP contribution in [0.1, 0.15) is 20.7 Å². The molecule has 0 saturated heterocycles. The second kappa shape index (κ2) is 7.76. The van der Waals surface area contributed by atoms with Crippen LogP contribution in [0.2, 0.25) is 10.2 Å². The number of amides is 1. The number of benzene rings is 1. The van der Waals surface area contributed by atoms with Crippen molar-refractivity contribution in [1.29, 1.82) is 0 Å². The fourth-order valence-electron chi connectivity index (χ4n) is 1.68. The molecule has 0 aliphatic rings. The van der Waals surface area contributed by atoms with Crippen molar-refractivity contribution in [3.05, 3.63) is 57.8 Å². The van der Waals surface area contributed by atoms with Gasteiger partial charge >= 0.3 is 11.9 Å². The molecule has 24 heavy (non-hydrogen) atoms. The van der Waals surface area contributed by atoms with E-state index < -0.39 is 24.5 Å². The number of hydrogen-bond donors (Lipinski definition) is 2. The monoisotopic (exact) mass is 368 g/mol. The summed E-state index contributed by atoms with van der Waals surface area (Å²) in [5.74, 6) is -2.59. The Morgan fingerprint density at radius 2 is 1.88 bits per heavy atom. The van der Waals surface area contributed by atoms with Crippen molar-refractivity contribution in [2.45, 2.75) is 0 Å². The third-order valence-electron chi connectivity index (χ3n) is 2.78. The lowest BCUT2D eigenvalue weighted by Gasteiger charge is -2.09. The Labute approximate surface area is 146 Å². The molecule has 124 valence electrons. The molecule has 1 heterocycles. The highest BCUT2D eigenvalue weighted by molar-refractivity contribution is 6.34. The molecule has 1 aromatic carbocycles. The molecule has 2 aromatic rings. The Morgan fingerprint density at radius 1 is 1.12 bits per heavy atom. The fourth-order valence-corrected chi connectivity index (χ4v) is 2.02. The minimum atomic E-state index is -1.16. The van der Waals surface area contributed by atoms with Crippen molar-refractivity contribution in [2.75, 3.05) is 11.9 Å². The van der Waals surface area contributed by atoms with E-state index >= 15 is 0 Å². The van der Waals surface area contributed by atoms with Gasteiger partial charge in [-0.25, -0.2) is 14.6 Å². The zero-order valence-electron chi connectivity index (χ0n) is 12.0. The number of nitrogens with zero attached hydrogens (tertiary/aromatic N) is 1. The highest BCUT2D eigenvalue weighted by atomic mass is 35.5. The summed E-state index contributed by atoms with van der Waals surface area (Å²) in [4.78, 5) is 38.2. The maximum atomic E-state index is 11.8. The van der Waals surface area contributed by atoms with Gasteiger partial charge in [0.25, 0.3) is 5.91 Å². The average molecular weight is 369 g/mol. The first kappa shape index (κ1) is 17.7. The summed E-state index contributed by atoms with van der Waals surface area (Å²) in [7, 11) is 0. The van der Waals surface area contributed by atoms with Crippen molar-refractivity contribution in [2.24, 2.45) is 0 Å². The van der Waals surface area contributed by atoms with E-state index in [2.05, 4.69) is 10.3 Å². The summed E-state index contributed by atoms with van der Waals surface area (Å²) in [6.07, 6.45) is 1.33. The Bertz CT molecular complexity index is 810. The number of aromatic carboxylic acids is 1. The average Bonchev–Trinajstić information content (AvgIpc) is 2.54. The summed E-state index contributed by atoms with van der Waals surface area (Å²) >= 11 is 11.5. The Hall–Kier alpha value is -2.64. The Morgan fingerprint density at radius 3 is 2.54 bits per heavy atom. The molecule has 0 fully saturated rings. The number of ether oxygens (including phenoxy) is 1. The van der Waals surface area contributed by atoms with E-state index in [1.807, 2.05) is 0 Å². The predicted octanol–water partition coefficient (Wildman–Crippen LogP) is 2.88. The van der Waals surface area contributed by atoms with E-state index in [0.29, 0.717) is 0 Å². The minimum Gasteiger partial charge on any atom is -0.478 e. The highest BCUT2D eigenvalue weighted by Gasteiger charge is 2.13. The first-order chi connectivity index (χ1) is 11.4. The number of pyridine rings is 1. The zero-order valence-corrected chi connectivity index (χ0v) is 13.5. The van der Waals surface area contributed by atoms with E-state index in [1.165, 1.54) is 36.5 Å². The van der Waals surface area contributed by atoms with Gasteiger partial charge in [-0.15, -0.1) is 0 Å². The van der Waals surface area contributed by atoms with Crippen molar-refractivity contribution in [3.63, 3.8) is 0 Å². The number of carboxylic acids is 1. The van der Waals surface area contributed by atoms with Gasteiger partial charge in [-0.2, -0.15) is 0 Å². The predicted molar refractivity (Wildman–Crippen MR) is 86.6 cm³/mol. The molecule has 0 radical (unpaired) electrons. The molecule has 2 N–H and O–H groups in total. The van der Waals surface area contributed by atoms with E-state index in [-0.39, 0.29) is 27.0 Å². The lowest BCUT2D eigenvalue weighted by molar-refractivity contribution is -0.119. The van der Waals surface area contributed by atoms with Crippen LogP contribution in [-0.2, 0) is 9.53 Å². The SMILES string of the molecule is O=C(COC(=O)c1ccnc(Cl)c1)Nc1cc(C(=O)O)ccc1Cl. The Balaban J connectivity index is 1.97. The normalized spacial score (nSPS) is 10.1. The van der Waals surface area contributed by atoms with E-state index in [1.54, 1.807) is 0 Å². The molecule has 0 spiro atoms. The number of anilines is 1. The lowest BCUT2D eigenvalue weighted by Crippen LogP contribution is -2.21. The van der Waals surface area contributed by atoms with Crippen LogP contribution in [0, 0.1) is 0 Å². The second-order valence-corrected chi connectivity index (χ2v) is 5.29. The Kier molecular flexibility index (Phi) is 5.73. The molecular weight excluding hydrogens is 359 g/mol. The quantitative estimate of drug-likeness (QED) is 0.620. The second-order valence-electron chi connectivity index (χ2n) is 4.49. The molecular formula is C15H10Cl2N2O5. The molecule has 0 bridgehead atoms. The van der Waals surface area contributed by atoms with Gasteiger partial charge in [0.15, 0.2) is 6.61 Å². The van der Waals surface area contributed by atoms with Crippen LogP contribution in [0.3, 0.4) is 0 Å². The van der Waals surface area contributed by atoms with Crippen LogP contribution in [0.15, 0.2) is 36.5 Å². The van der Waals surface area contributed by atoms with E-state index in [9.17, 15) is 14.4 Å². The number of rotatable bonds is 5. The zero-order chi connectivity index (χ0) is 17.7. The molecule has 1 aromatic heterocycles. The third kappa shape index (κ3) is 4.68. The summed E-state index contributed by atoms with van der Waals surface area (Å²) in [6, 6.07) is 6.53. The standard InChI is InChI=1S/C15H10Cl2N2O5/c16-10-2-1-8(14(21)22)5-11(10)19-13(20)7-24-15(23)9-3-4-18-12(17)6-9/h1-6H,7H2,(H,19,20)(H,21,22). The number of halogens is 2. The minimum absolute atomic E-state index is 0.0434. The van der Waals surface area contributed by atoms with E-state index in [0.717, 1.165) is 0 Å². The number of hydrogen-bond acceptors (Lipinski definition) is 5. The molecule has 9 heteroatoms. The molecule has 0 unspecified atom stereocenters. The molecule has 7 nitrogen and oxygen atoms in total. The van der Waals surface area contributed by atoms with Gasteiger partial charge in [-0.1, -0.05) is 23.2 Å². The van der Waals surface area contributed by atoms with Crippen molar-refractivity contribution >= 4 is 46.7 Å². The summed E-state index contributed by atoms with van der Waals surface area (Å²) in [5, 5.41) is 11.6. The van der Waals surface area contributed by atoms with Gasteiger partial charge < -0.3 is 15.2 Å². The number of nitrogens with one attached hydrogen (secondary N) is 1. The van der Waals surface area contributed by atoms with Crippen LogP contribution in [0.5, 0.6) is 0 Å². The molecule has 0 aliphatic heterocycles. The summed E-state index contributed by atoms with van der Waals surface area (Å²) < 4.78 is 4.84.